The SMILES string of the molecule is O=[N+]([O-])c1cccc(Br)c1Oc1cc(Br)ccc1CBr. The van der Waals surface area contributed by atoms with E-state index < -0.39 is 4.92 Å². The summed E-state index contributed by atoms with van der Waals surface area (Å²) in [4.78, 5) is 10.6. The lowest BCUT2D eigenvalue weighted by Crippen LogP contribution is -1.96. The van der Waals surface area contributed by atoms with Crippen molar-refractivity contribution in [3.05, 3.63) is 61.0 Å². The van der Waals surface area contributed by atoms with Gasteiger partial charge in [0, 0.05) is 21.4 Å². The quantitative estimate of drug-likeness (QED) is 0.325. The van der Waals surface area contributed by atoms with Gasteiger partial charge in [-0.3, -0.25) is 10.1 Å². The largest absolute Gasteiger partial charge is 0.449 e. The average Bonchev–Trinajstić information content (AvgIpc) is 2.41. The van der Waals surface area contributed by atoms with E-state index in [1.54, 1.807) is 18.2 Å². The number of ether oxygens (including phenoxy) is 1. The molecule has 0 unspecified atom stereocenters. The highest BCUT2D eigenvalue weighted by molar-refractivity contribution is 9.10. The van der Waals surface area contributed by atoms with Gasteiger partial charge in [0.25, 0.3) is 0 Å². The molecule has 0 radical (unpaired) electrons. The van der Waals surface area contributed by atoms with Gasteiger partial charge < -0.3 is 4.74 Å². The molecule has 104 valence electrons. The van der Waals surface area contributed by atoms with Crippen LogP contribution < -0.4 is 4.74 Å². The summed E-state index contributed by atoms with van der Waals surface area (Å²) in [5, 5.41) is 11.7. The van der Waals surface area contributed by atoms with Gasteiger partial charge >= 0.3 is 5.69 Å². The van der Waals surface area contributed by atoms with E-state index in [-0.39, 0.29) is 11.4 Å². The summed E-state index contributed by atoms with van der Waals surface area (Å²) in [5.41, 5.74) is 0.818. The Hall–Kier alpha value is -0.920. The number of nitro groups is 1. The van der Waals surface area contributed by atoms with Gasteiger partial charge in [0.05, 0.1) is 9.40 Å². The van der Waals surface area contributed by atoms with Gasteiger partial charge in [-0.25, -0.2) is 0 Å². The number of nitro benzene ring substituents is 1. The maximum atomic E-state index is 11.1. The Morgan fingerprint density at radius 2 is 1.95 bits per heavy atom. The van der Waals surface area contributed by atoms with Gasteiger partial charge in [0.1, 0.15) is 5.75 Å². The molecule has 0 aliphatic carbocycles. The van der Waals surface area contributed by atoms with Gasteiger partial charge in [-0.05, 0) is 34.1 Å². The van der Waals surface area contributed by atoms with Gasteiger partial charge in [0.2, 0.25) is 5.75 Å². The molecular formula is C13H8Br3NO3. The summed E-state index contributed by atoms with van der Waals surface area (Å²) in [7, 11) is 0. The smallest absolute Gasteiger partial charge is 0.312 e. The number of hydrogen-bond acceptors (Lipinski definition) is 3. The van der Waals surface area contributed by atoms with Crippen LogP contribution in [-0.2, 0) is 5.33 Å². The maximum absolute atomic E-state index is 11.1. The molecule has 2 aromatic carbocycles. The monoisotopic (exact) mass is 463 g/mol. The first-order valence-corrected chi connectivity index (χ1v) is 8.19. The standard InChI is InChI=1S/C13H8Br3NO3/c14-7-8-4-5-9(15)6-12(8)20-13-10(16)2-1-3-11(13)17(18)19/h1-6H,7H2. The summed E-state index contributed by atoms with van der Waals surface area (Å²) >= 11 is 10.0. The van der Waals surface area contributed by atoms with E-state index in [2.05, 4.69) is 47.8 Å². The van der Waals surface area contributed by atoms with Crippen LogP contribution in [0.1, 0.15) is 5.56 Å². The lowest BCUT2D eigenvalue weighted by Gasteiger charge is -2.11. The molecular weight excluding hydrogens is 458 g/mol. The minimum absolute atomic E-state index is 0.0835. The predicted molar refractivity (Wildman–Crippen MR) is 87.6 cm³/mol. The first-order chi connectivity index (χ1) is 9.52. The van der Waals surface area contributed by atoms with E-state index in [1.807, 2.05) is 12.1 Å². The molecule has 0 heterocycles. The third-order valence-corrected chi connectivity index (χ3v) is 4.25. The number of para-hydroxylation sites is 1. The van der Waals surface area contributed by atoms with Crippen molar-refractivity contribution in [1.29, 1.82) is 0 Å². The fourth-order valence-corrected chi connectivity index (χ4v) is 2.83. The number of alkyl halides is 1. The summed E-state index contributed by atoms with van der Waals surface area (Å²) in [6.07, 6.45) is 0. The van der Waals surface area contributed by atoms with Crippen molar-refractivity contribution in [1.82, 2.24) is 0 Å². The van der Waals surface area contributed by atoms with Gasteiger partial charge in [-0.1, -0.05) is 44.0 Å². The molecule has 0 N–H and O–H groups in total. The minimum Gasteiger partial charge on any atom is -0.449 e. The molecule has 0 fully saturated rings. The van der Waals surface area contributed by atoms with Gasteiger partial charge in [0.15, 0.2) is 0 Å². The van der Waals surface area contributed by atoms with Gasteiger partial charge in [-0.2, -0.15) is 0 Å². The van der Waals surface area contributed by atoms with Crippen LogP contribution in [0.25, 0.3) is 0 Å². The molecule has 0 bridgehead atoms. The number of halogens is 3. The Morgan fingerprint density at radius 3 is 2.60 bits per heavy atom. The van der Waals surface area contributed by atoms with E-state index in [1.165, 1.54) is 6.07 Å². The van der Waals surface area contributed by atoms with Crippen molar-refractivity contribution >= 4 is 53.5 Å². The summed E-state index contributed by atoms with van der Waals surface area (Å²) in [6, 6.07) is 10.3. The highest BCUT2D eigenvalue weighted by Crippen LogP contribution is 2.39. The molecule has 0 aliphatic rings. The first kappa shape index (κ1) is 15.5. The second-order valence-electron chi connectivity index (χ2n) is 3.83. The number of nitrogens with zero attached hydrogens (tertiary/aromatic N) is 1. The van der Waals surface area contributed by atoms with Crippen LogP contribution in [0.5, 0.6) is 11.5 Å². The molecule has 2 rings (SSSR count). The fourth-order valence-electron chi connectivity index (χ4n) is 1.59. The molecule has 0 saturated carbocycles. The van der Waals surface area contributed by atoms with E-state index in [0.717, 1.165) is 10.0 Å². The molecule has 0 amide bonds. The fraction of sp³-hybridized carbons (Fsp3) is 0.0769. The zero-order valence-corrected chi connectivity index (χ0v) is 14.7. The number of rotatable bonds is 4. The second kappa shape index (κ2) is 6.69. The van der Waals surface area contributed by atoms with Crippen molar-refractivity contribution in [2.45, 2.75) is 5.33 Å². The molecule has 0 aliphatic heterocycles. The Morgan fingerprint density at radius 1 is 1.20 bits per heavy atom. The zero-order chi connectivity index (χ0) is 14.7. The molecule has 0 aromatic heterocycles. The van der Waals surface area contributed by atoms with E-state index >= 15 is 0 Å². The van der Waals surface area contributed by atoms with Crippen molar-refractivity contribution in [3.63, 3.8) is 0 Å². The van der Waals surface area contributed by atoms with E-state index in [0.29, 0.717) is 15.6 Å². The Bertz CT molecular complexity index is 661. The topological polar surface area (TPSA) is 52.4 Å². The van der Waals surface area contributed by atoms with Gasteiger partial charge in [-0.15, -0.1) is 0 Å². The average molecular weight is 466 g/mol. The van der Waals surface area contributed by atoms with Crippen LogP contribution in [-0.4, -0.2) is 4.92 Å². The van der Waals surface area contributed by atoms with Crippen molar-refractivity contribution in [2.75, 3.05) is 0 Å². The first-order valence-electron chi connectivity index (χ1n) is 5.48. The molecule has 4 nitrogen and oxygen atoms in total. The van der Waals surface area contributed by atoms with Crippen molar-refractivity contribution in [3.8, 4) is 11.5 Å². The van der Waals surface area contributed by atoms with E-state index in [4.69, 9.17) is 4.74 Å². The Kier molecular flexibility index (Phi) is 5.17. The van der Waals surface area contributed by atoms with Crippen molar-refractivity contribution in [2.24, 2.45) is 0 Å². The van der Waals surface area contributed by atoms with Crippen LogP contribution in [0.3, 0.4) is 0 Å². The van der Waals surface area contributed by atoms with Crippen LogP contribution in [0, 0.1) is 10.1 Å². The number of benzene rings is 2. The summed E-state index contributed by atoms with van der Waals surface area (Å²) in [6.45, 7) is 0. The Labute approximate surface area is 140 Å². The summed E-state index contributed by atoms with van der Waals surface area (Å²) < 4.78 is 7.13. The van der Waals surface area contributed by atoms with Crippen LogP contribution in [0.2, 0.25) is 0 Å². The molecule has 7 heteroatoms. The van der Waals surface area contributed by atoms with E-state index in [9.17, 15) is 10.1 Å². The van der Waals surface area contributed by atoms with Crippen molar-refractivity contribution < 1.29 is 9.66 Å². The molecule has 0 atom stereocenters. The predicted octanol–water partition coefficient (Wildman–Crippen LogP) is 5.81. The Balaban J connectivity index is 2.50. The molecule has 20 heavy (non-hydrogen) atoms. The van der Waals surface area contributed by atoms with Crippen LogP contribution in [0.4, 0.5) is 5.69 Å². The number of hydrogen-bond donors (Lipinski definition) is 0. The molecule has 0 saturated heterocycles. The molecule has 0 spiro atoms. The second-order valence-corrected chi connectivity index (χ2v) is 6.16. The normalized spacial score (nSPS) is 10.3. The third-order valence-electron chi connectivity index (χ3n) is 2.53. The van der Waals surface area contributed by atoms with Crippen LogP contribution in [0.15, 0.2) is 45.3 Å². The maximum Gasteiger partial charge on any atom is 0.312 e. The summed E-state index contributed by atoms with van der Waals surface area (Å²) in [5.74, 6) is 0.754. The zero-order valence-electron chi connectivity index (χ0n) is 9.98. The highest BCUT2D eigenvalue weighted by Gasteiger charge is 2.19. The highest BCUT2D eigenvalue weighted by atomic mass is 79.9. The lowest BCUT2D eigenvalue weighted by molar-refractivity contribution is -0.385. The minimum atomic E-state index is -0.466. The van der Waals surface area contributed by atoms with Crippen LogP contribution >= 0.6 is 47.8 Å². The lowest BCUT2D eigenvalue weighted by atomic mass is 10.2. The third kappa shape index (κ3) is 3.39. The molecule has 2 aromatic rings.